The van der Waals surface area contributed by atoms with Crippen molar-refractivity contribution in [3.8, 4) is 5.75 Å². The molecule has 5 rings (SSSR count). The van der Waals surface area contributed by atoms with E-state index in [0.717, 1.165) is 5.39 Å². The van der Waals surface area contributed by atoms with Crippen LogP contribution in [-0.2, 0) is 16.1 Å². The standard InChI is InChI=1S/C29H23NO7/c1-35-21-13-11-18(12-14-21)25-24(26(31)23-15-20-5-3-4-6-22(20)37-23)27(32)28(33)30(25)16-17-7-9-19(10-8-17)29(34)36-2/h3-15,25,32H,16H2,1-2H3. The monoisotopic (exact) mass is 497 g/mol. The molecule has 3 aromatic carbocycles. The Balaban J connectivity index is 1.54. The number of amides is 1. The predicted molar refractivity (Wildman–Crippen MR) is 134 cm³/mol. The van der Waals surface area contributed by atoms with Crippen LogP contribution < -0.4 is 4.74 Å². The van der Waals surface area contributed by atoms with Crippen LogP contribution in [0.1, 0.15) is 38.1 Å². The van der Waals surface area contributed by atoms with Gasteiger partial charge >= 0.3 is 5.97 Å². The summed E-state index contributed by atoms with van der Waals surface area (Å²) in [5.41, 5.74) is 2.14. The zero-order chi connectivity index (χ0) is 26.1. The van der Waals surface area contributed by atoms with E-state index in [-0.39, 0.29) is 17.9 Å². The maximum Gasteiger partial charge on any atom is 0.337 e. The van der Waals surface area contributed by atoms with E-state index in [4.69, 9.17) is 13.9 Å². The maximum absolute atomic E-state index is 13.7. The number of Topliss-reactive ketones (excluding diaryl/α,β-unsaturated/α-hetero) is 1. The molecule has 1 aliphatic rings. The number of hydrogen-bond donors (Lipinski definition) is 1. The summed E-state index contributed by atoms with van der Waals surface area (Å²) in [6.45, 7) is 0.0813. The number of nitrogens with zero attached hydrogens (tertiary/aromatic N) is 1. The number of esters is 1. The van der Waals surface area contributed by atoms with Gasteiger partial charge in [-0.3, -0.25) is 9.59 Å². The lowest BCUT2D eigenvalue weighted by molar-refractivity contribution is -0.130. The van der Waals surface area contributed by atoms with Crippen LogP contribution in [0, 0.1) is 0 Å². The van der Waals surface area contributed by atoms with Gasteiger partial charge in [-0.2, -0.15) is 0 Å². The molecule has 0 fully saturated rings. The summed E-state index contributed by atoms with van der Waals surface area (Å²) < 4.78 is 15.7. The zero-order valence-electron chi connectivity index (χ0n) is 20.1. The highest BCUT2D eigenvalue weighted by Gasteiger charge is 2.44. The van der Waals surface area contributed by atoms with Crippen molar-refractivity contribution in [3.63, 3.8) is 0 Å². The predicted octanol–water partition coefficient (Wildman–Crippen LogP) is 5.01. The second-order valence-corrected chi connectivity index (χ2v) is 8.54. The molecule has 1 N–H and O–H groups in total. The van der Waals surface area contributed by atoms with Gasteiger partial charge in [0.2, 0.25) is 5.78 Å². The topological polar surface area (TPSA) is 106 Å². The number of methoxy groups -OCH3 is 2. The van der Waals surface area contributed by atoms with Crippen LogP contribution in [0.25, 0.3) is 11.0 Å². The van der Waals surface area contributed by atoms with Crippen LogP contribution >= 0.6 is 0 Å². The van der Waals surface area contributed by atoms with Crippen molar-refractivity contribution in [2.24, 2.45) is 0 Å². The summed E-state index contributed by atoms with van der Waals surface area (Å²) in [6, 6.07) is 21.4. The minimum atomic E-state index is -0.876. The van der Waals surface area contributed by atoms with Crippen molar-refractivity contribution < 1.29 is 33.4 Å². The van der Waals surface area contributed by atoms with E-state index in [2.05, 4.69) is 0 Å². The minimum Gasteiger partial charge on any atom is -0.503 e. The SMILES string of the molecule is COC(=O)c1ccc(CN2C(=O)C(O)=C(C(=O)c3cc4ccccc4o3)C2c2ccc(OC)cc2)cc1. The molecule has 0 aliphatic carbocycles. The van der Waals surface area contributed by atoms with Crippen LogP contribution in [0.15, 0.2) is 94.6 Å². The number of ketones is 1. The van der Waals surface area contributed by atoms with Crippen LogP contribution in [0.5, 0.6) is 5.75 Å². The van der Waals surface area contributed by atoms with E-state index >= 15 is 0 Å². The lowest BCUT2D eigenvalue weighted by atomic mass is 9.94. The molecule has 8 heteroatoms. The first-order valence-corrected chi connectivity index (χ1v) is 11.5. The molecule has 1 atom stereocenters. The average Bonchev–Trinajstić information content (AvgIpc) is 3.48. The minimum absolute atomic E-state index is 0.0262. The van der Waals surface area contributed by atoms with Gasteiger partial charge in [-0.1, -0.05) is 42.5 Å². The molecule has 0 spiro atoms. The molecule has 186 valence electrons. The summed E-state index contributed by atoms with van der Waals surface area (Å²) in [4.78, 5) is 40.2. The molecule has 0 bridgehead atoms. The average molecular weight is 498 g/mol. The lowest BCUT2D eigenvalue weighted by Crippen LogP contribution is -2.30. The highest BCUT2D eigenvalue weighted by atomic mass is 16.5. The molecule has 1 unspecified atom stereocenters. The van der Waals surface area contributed by atoms with Gasteiger partial charge in [0.15, 0.2) is 11.5 Å². The van der Waals surface area contributed by atoms with Gasteiger partial charge in [0.1, 0.15) is 11.3 Å². The Morgan fingerprint density at radius 3 is 2.32 bits per heavy atom. The van der Waals surface area contributed by atoms with E-state index in [1.165, 1.54) is 12.0 Å². The first kappa shape index (κ1) is 23.9. The molecule has 1 aliphatic heterocycles. The number of ether oxygens (including phenoxy) is 2. The molecule has 0 saturated carbocycles. The Hall–Kier alpha value is -4.85. The fraction of sp³-hybridized carbons (Fsp3) is 0.138. The van der Waals surface area contributed by atoms with E-state index in [1.807, 2.05) is 12.1 Å². The van der Waals surface area contributed by atoms with E-state index in [1.54, 1.807) is 73.8 Å². The highest BCUT2D eigenvalue weighted by Crippen LogP contribution is 2.41. The third-order valence-electron chi connectivity index (χ3n) is 6.36. The molecular weight excluding hydrogens is 474 g/mol. The molecular formula is C29H23NO7. The summed E-state index contributed by atoms with van der Waals surface area (Å²) in [5, 5.41) is 11.7. The second kappa shape index (κ2) is 9.66. The van der Waals surface area contributed by atoms with Crippen LogP contribution in [0.2, 0.25) is 0 Å². The molecule has 37 heavy (non-hydrogen) atoms. The molecule has 4 aromatic rings. The number of fused-ring (bicyclic) bond motifs is 1. The number of furan rings is 1. The van der Waals surface area contributed by atoms with Crippen molar-refractivity contribution in [1.82, 2.24) is 4.90 Å². The Labute approximate surface area is 212 Å². The quantitative estimate of drug-likeness (QED) is 0.283. The van der Waals surface area contributed by atoms with Gasteiger partial charge in [0.25, 0.3) is 5.91 Å². The van der Waals surface area contributed by atoms with Gasteiger partial charge in [-0.25, -0.2) is 4.79 Å². The number of hydrogen-bond acceptors (Lipinski definition) is 7. The zero-order valence-corrected chi connectivity index (χ0v) is 20.1. The number of para-hydroxylation sites is 1. The third-order valence-corrected chi connectivity index (χ3v) is 6.36. The Morgan fingerprint density at radius 1 is 0.973 bits per heavy atom. The van der Waals surface area contributed by atoms with Crippen molar-refractivity contribution in [2.45, 2.75) is 12.6 Å². The maximum atomic E-state index is 13.7. The Bertz CT molecular complexity index is 1500. The molecule has 0 radical (unpaired) electrons. The lowest BCUT2D eigenvalue weighted by Gasteiger charge is -2.27. The highest BCUT2D eigenvalue weighted by molar-refractivity contribution is 6.16. The number of carbonyl (C=O) groups is 3. The summed E-state index contributed by atoms with van der Waals surface area (Å²) in [5.74, 6) is -1.73. The fourth-order valence-corrected chi connectivity index (χ4v) is 4.47. The molecule has 8 nitrogen and oxygen atoms in total. The summed E-state index contributed by atoms with van der Waals surface area (Å²) in [6.07, 6.45) is 0. The summed E-state index contributed by atoms with van der Waals surface area (Å²) in [7, 11) is 2.84. The van der Waals surface area contributed by atoms with Gasteiger partial charge in [0.05, 0.1) is 31.4 Å². The number of aliphatic hydroxyl groups is 1. The van der Waals surface area contributed by atoms with Crippen molar-refractivity contribution >= 4 is 28.6 Å². The van der Waals surface area contributed by atoms with Crippen LogP contribution in [-0.4, -0.2) is 41.9 Å². The van der Waals surface area contributed by atoms with Gasteiger partial charge in [-0.05, 0) is 47.5 Å². The molecule has 1 aromatic heterocycles. The van der Waals surface area contributed by atoms with Crippen molar-refractivity contribution in [2.75, 3.05) is 14.2 Å². The van der Waals surface area contributed by atoms with Gasteiger partial charge < -0.3 is 23.9 Å². The fourth-order valence-electron chi connectivity index (χ4n) is 4.47. The van der Waals surface area contributed by atoms with Crippen molar-refractivity contribution in [1.29, 1.82) is 0 Å². The van der Waals surface area contributed by atoms with E-state index < -0.39 is 29.5 Å². The first-order valence-electron chi connectivity index (χ1n) is 11.5. The Morgan fingerprint density at radius 2 is 1.68 bits per heavy atom. The molecule has 2 heterocycles. The van der Waals surface area contributed by atoms with Crippen molar-refractivity contribution in [3.05, 3.63) is 113 Å². The molecule has 0 saturated heterocycles. The number of carbonyl (C=O) groups excluding carboxylic acids is 3. The van der Waals surface area contributed by atoms with Gasteiger partial charge in [-0.15, -0.1) is 0 Å². The summed E-state index contributed by atoms with van der Waals surface area (Å²) >= 11 is 0. The van der Waals surface area contributed by atoms with E-state index in [9.17, 15) is 19.5 Å². The van der Waals surface area contributed by atoms with E-state index in [0.29, 0.717) is 28.0 Å². The smallest absolute Gasteiger partial charge is 0.337 e. The number of rotatable bonds is 7. The van der Waals surface area contributed by atoms with Crippen LogP contribution in [0.3, 0.4) is 0 Å². The third kappa shape index (κ3) is 4.33. The van der Waals surface area contributed by atoms with Crippen LogP contribution in [0.4, 0.5) is 0 Å². The first-order chi connectivity index (χ1) is 17.9. The normalized spacial score (nSPS) is 15.4. The largest absolute Gasteiger partial charge is 0.503 e. The number of aliphatic hydroxyl groups excluding tert-OH is 1. The Kier molecular flexibility index (Phi) is 6.23. The number of benzene rings is 3. The second-order valence-electron chi connectivity index (χ2n) is 8.54. The molecule has 1 amide bonds. The van der Waals surface area contributed by atoms with Gasteiger partial charge in [0, 0.05) is 11.9 Å².